The Morgan fingerprint density at radius 1 is 1.11 bits per heavy atom. The number of halogens is 1. The third-order valence-electron chi connectivity index (χ3n) is 3.09. The highest BCUT2D eigenvalue weighted by molar-refractivity contribution is 9.10. The molecule has 27 heavy (non-hydrogen) atoms. The topological polar surface area (TPSA) is 89.0 Å². The number of hydrogen-bond acceptors (Lipinski definition) is 5. The molecule has 0 unspecified atom stereocenters. The fourth-order valence-corrected chi connectivity index (χ4v) is 2.21. The van der Waals surface area contributed by atoms with Crippen LogP contribution in [-0.2, 0) is 9.53 Å². The third kappa shape index (κ3) is 7.91. The number of nitrogens with zero attached hydrogens (tertiary/aromatic N) is 1. The van der Waals surface area contributed by atoms with Gasteiger partial charge in [0.1, 0.15) is 5.75 Å². The van der Waals surface area contributed by atoms with Gasteiger partial charge in [0.25, 0.3) is 0 Å². The number of carbonyl (C=O) groups is 2. The van der Waals surface area contributed by atoms with Crippen LogP contribution in [0.5, 0.6) is 5.75 Å². The summed E-state index contributed by atoms with van der Waals surface area (Å²) in [5.74, 6) is 0.116. The van der Waals surface area contributed by atoms with Gasteiger partial charge in [-0.3, -0.25) is 0 Å². The number of carbonyl (C=O) groups excluding carboxylic acids is 2. The zero-order valence-electron chi connectivity index (χ0n) is 14.9. The number of esters is 1. The van der Waals surface area contributed by atoms with Crippen LogP contribution < -0.4 is 15.5 Å². The van der Waals surface area contributed by atoms with Gasteiger partial charge in [-0.2, -0.15) is 5.10 Å². The lowest BCUT2D eigenvalue weighted by Crippen LogP contribution is -2.24. The molecule has 0 radical (unpaired) electrons. The molecule has 0 aliphatic heterocycles. The maximum Gasteiger partial charge on any atom is 0.344 e. The minimum atomic E-state index is -0.447. The van der Waals surface area contributed by atoms with Crippen molar-refractivity contribution in [3.05, 3.63) is 58.6 Å². The first-order valence-electron chi connectivity index (χ1n) is 8.20. The van der Waals surface area contributed by atoms with Crippen molar-refractivity contribution in [2.45, 2.75) is 20.0 Å². The first kappa shape index (κ1) is 20.4. The molecule has 0 bridgehead atoms. The number of amides is 2. The van der Waals surface area contributed by atoms with Gasteiger partial charge in [0, 0.05) is 10.2 Å². The van der Waals surface area contributed by atoms with Crippen molar-refractivity contribution in [3.63, 3.8) is 0 Å². The van der Waals surface area contributed by atoms with E-state index in [9.17, 15) is 9.59 Å². The Balaban J connectivity index is 1.77. The first-order valence-corrected chi connectivity index (χ1v) is 8.99. The molecule has 142 valence electrons. The average molecular weight is 434 g/mol. The van der Waals surface area contributed by atoms with Gasteiger partial charge >= 0.3 is 12.0 Å². The lowest BCUT2D eigenvalue weighted by molar-refractivity contribution is -0.149. The Morgan fingerprint density at radius 3 is 2.41 bits per heavy atom. The summed E-state index contributed by atoms with van der Waals surface area (Å²) in [5, 5.41) is 6.54. The van der Waals surface area contributed by atoms with E-state index in [1.165, 1.54) is 6.21 Å². The molecule has 2 aromatic carbocycles. The summed E-state index contributed by atoms with van der Waals surface area (Å²) in [6.07, 6.45) is 1.32. The van der Waals surface area contributed by atoms with Crippen molar-refractivity contribution in [3.8, 4) is 5.75 Å². The number of benzene rings is 2. The molecular formula is C19H20BrN3O4. The Morgan fingerprint density at radius 2 is 1.78 bits per heavy atom. The van der Waals surface area contributed by atoms with Crippen LogP contribution >= 0.6 is 15.9 Å². The van der Waals surface area contributed by atoms with E-state index < -0.39 is 12.0 Å². The van der Waals surface area contributed by atoms with Crippen LogP contribution in [0.25, 0.3) is 0 Å². The molecule has 2 N–H and O–H groups in total. The van der Waals surface area contributed by atoms with Crippen LogP contribution in [0.1, 0.15) is 19.4 Å². The predicted octanol–water partition coefficient (Wildman–Crippen LogP) is 3.94. The minimum absolute atomic E-state index is 0.149. The van der Waals surface area contributed by atoms with Crippen LogP contribution in [-0.4, -0.2) is 30.9 Å². The molecule has 8 heteroatoms. The van der Waals surface area contributed by atoms with Crippen LogP contribution in [0.15, 0.2) is 58.1 Å². The van der Waals surface area contributed by atoms with Crippen molar-refractivity contribution in [1.82, 2.24) is 5.43 Å². The molecule has 0 spiro atoms. The van der Waals surface area contributed by atoms with E-state index in [1.54, 1.807) is 50.2 Å². The number of hydrazone groups is 1. The van der Waals surface area contributed by atoms with E-state index in [2.05, 4.69) is 31.8 Å². The molecule has 0 heterocycles. The molecule has 0 aromatic heterocycles. The highest BCUT2D eigenvalue weighted by Crippen LogP contribution is 2.14. The number of urea groups is 1. The van der Waals surface area contributed by atoms with Crippen molar-refractivity contribution < 1.29 is 19.1 Å². The average Bonchev–Trinajstić information content (AvgIpc) is 2.62. The van der Waals surface area contributed by atoms with E-state index >= 15 is 0 Å². The van der Waals surface area contributed by atoms with Gasteiger partial charge in [-0.25, -0.2) is 15.0 Å². The quantitative estimate of drug-likeness (QED) is 0.393. The van der Waals surface area contributed by atoms with Gasteiger partial charge in [0.2, 0.25) is 0 Å². The zero-order chi connectivity index (χ0) is 19.6. The summed E-state index contributed by atoms with van der Waals surface area (Å²) >= 11 is 3.33. The molecule has 2 aromatic rings. The Kier molecular flexibility index (Phi) is 7.81. The third-order valence-corrected chi connectivity index (χ3v) is 3.61. The van der Waals surface area contributed by atoms with Crippen molar-refractivity contribution in [1.29, 1.82) is 0 Å². The molecule has 0 fully saturated rings. The maximum absolute atomic E-state index is 11.8. The van der Waals surface area contributed by atoms with Crippen molar-refractivity contribution in [2.75, 3.05) is 11.9 Å². The summed E-state index contributed by atoms with van der Waals surface area (Å²) in [5.41, 5.74) is 3.80. The first-order chi connectivity index (χ1) is 12.9. The lowest BCUT2D eigenvalue weighted by Gasteiger charge is -2.09. The summed E-state index contributed by atoms with van der Waals surface area (Å²) < 4.78 is 11.3. The lowest BCUT2D eigenvalue weighted by atomic mass is 10.2. The number of nitrogens with one attached hydrogen (secondary N) is 2. The van der Waals surface area contributed by atoms with Gasteiger partial charge in [0.05, 0.1) is 12.3 Å². The molecule has 0 saturated heterocycles. The van der Waals surface area contributed by atoms with Crippen LogP contribution in [0.4, 0.5) is 10.5 Å². The second-order valence-electron chi connectivity index (χ2n) is 5.73. The van der Waals surface area contributed by atoms with Crippen molar-refractivity contribution >= 4 is 39.8 Å². The SMILES string of the molecule is CC(C)OC(=O)COc1ccc(/C=N/NC(=O)Nc2ccc(Br)cc2)cc1. The molecule has 0 aliphatic rings. The number of ether oxygens (including phenoxy) is 2. The molecule has 2 amide bonds. The van der Waals surface area contributed by atoms with Crippen LogP contribution in [0.3, 0.4) is 0 Å². The van der Waals surface area contributed by atoms with E-state index in [0.717, 1.165) is 10.0 Å². The van der Waals surface area contributed by atoms with Gasteiger partial charge < -0.3 is 14.8 Å². The molecule has 0 aliphatic carbocycles. The number of hydrogen-bond donors (Lipinski definition) is 2. The summed E-state index contributed by atoms with van der Waals surface area (Å²) in [6.45, 7) is 3.40. The van der Waals surface area contributed by atoms with Gasteiger partial charge in [-0.15, -0.1) is 0 Å². The molecule has 7 nitrogen and oxygen atoms in total. The number of rotatable bonds is 7. The maximum atomic E-state index is 11.8. The summed E-state index contributed by atoms with van der Waals surface area (Å²) in [4.78, 5) is 23.2. The fourth-order valence-electron chi connectivity index (χ4n) is 1.95. The second-order valence-corrected chi connectivity index (χ2v) is 6.64. The molecule has 0 saturated carbocycles. The highest BCUT2D eigenvalue weighted by Gasteiger charge is 2.06. The van der Waals surface area contributed by atoms with E-state index in [1.807, 2.05) is 12.1 Å². The second kappa shape index (κ2) is 10.3. The summed E-state index contributed by atoms with van der Waals surface area (Å²) in [6, 6.07) is 13.6. The Labute approximate surface area is 165 Å². The van der Waals surface area contributed by atoms with Gasteiger partial charge in [-0.1, -0.05) is 15.9 Å². The highest BCUT2D eigenvalue weighted by atomic mass is 79.9. The Hall–Kier alpha value is -2.87. The molecule has 0 atom stereocenters. The molecule has 2 rings (SSSR count). The van der Waals surface area contributed by atoms with E-state index in [0.29, 0.717) is 11.4 Å². The Bertz CT molecular complexity index is 790. The smallest absolute Gasteiger partial charge is 0.344 e. The standard InChI is InChI=1S/C19H20BrN3O4/c1-13(2)27-18(24)12-26-17-9-3-14(4-10-17)11-21-23-19(25)22-16-7-5-15(20)6-8-16/h3-11,13H,12H2,1-2H3,(H2,22,23,25)/b21-11+. The normalized spacial score (nSPS) is 10.7. The van der Waals surface area contributed by atoms with E-state index in [-0.39, 0.29) is 12.7 Å². The van der Waals surface area contributed by atoms with E-state index in [4.69, 9.17) is 9.47 Å². The zero-order valence-corrected chi connectivity index (χ0v) is 16.5. The predicted molar refractivity (Wildman–Crippen MR) is 107 cm³/mol. The van der Waals surface area contributed by atoms with Gasteiger partial charge in [0.15, 0.2) is 6.61 Å². The van der Waals surface area contributed by atoms with Crippen LogP contribution in [0.2, 0.25) is 0 Å². The van der Waals surface area contributed by atoms with Crippen LogP contribution in [0, 0.1) is 0 Å². The monoisotopic (exact) mass is 433 g/mol. The minimum Gasteiger partial charge on any atom is -0.482 e. The summed E-state index contributed by atoms with van der Waals surface area (Å²) in [7, 11) is 0. The van der Waals surface area contributed by atoms with Crippen molar-refractivity contribution in [2.24, 2.45) is 5.10 Å². The number of anilines is 1. The largest absolute Gasteiger partial charge is 0.482 e. The van der Waals surface area contributed by atoms with Gasteiger partial charge in [-0.05, 0) is 67.9 Å². The fraction of sp³-hybridized carbons (Fsp3) is 0.211. The molecular weight excluding hydrogens is 414 g/mol.